The van der Waals surface area contributed by atoms with Crippen LogP contribution in [0.2, 0.25) is 0 Å². The Balaban J connectivity index is 1.07. The average Bonchev–Trinajstić information content (AvgIpc) is 3.37. The van der Waals surface area contributed by atoms with Crippen LogP contribution in [0.15, 0.2) is 143 Å². The lowest BCUT2D eigenvalue weighted by Crippen LogP contribution is -2.27. The Morgan fingerprint density at radius 3 is 1.49 bits per heavy atom. The molecule has 2 aliphatic rings. The van der Waals surface area contributed by atoms with E-state index in [1.54, 1.807) is 54.6 Å². The third-order valence-electron chi connectivity index (χ3n) is 11.0. The van der Waals surface area contributed by atoms with Crippen LogP contribution >= 0.6 is 0 Å². The molecule has 6 aromatic carbocycles. The highest BCUT2D eigenvalue weighted by atomic mass is 32.2. The van der Waals surface area contributed by atoms with Gasteiger partial charge in [-0.25, -0.2) is 9.59 Å². The van der Waals surface area contributed by atoms with E-state index >= 15 is 0 Å². The van der Waals surface area contributed by atoms with Gasteiger partial charge in [-0.1, -0.05) is 12.1 Å². The van der Waals surface area contributed by atoms with Crippen molar-refractivity contribution in [1.29, 1.82) is 0 Å². The predicted octanol–water partition coefficient (Wildman–Crippen LogP) is 7.57. The Kier molecular flexibility index (Phi) is 14.6. The minimum atomic E-state index is -5.07. The lowest BCUT2D eigenvalue weighted by Gasteiger charge is -2.19. The zero-order valence-corrected chi connectivity index (χ0v) is 40.1. The molecule has 0 amide bonds. The molecule has 0 saturated carbocycles. The predicted molar refractivity (Wildman–Crippen MR) is 273 cm³/mol. The largest absolute Gasteiger partial charge is 0.497 e. The van der Waals surface area contributed by atoms with Crippen LogP contribution in [0.25, 0.3) is 22.1 Å². The van der Waals surface area contributed by atoms with Crippen molar-refractivity contribution in [2.45, 2.75) is 0 Å². The van der Waals surface area contributed by atoms with E-state index in [4.69, 9.17) is 18.9 Å². The maximum absolute atomic E-state index is 13.8. The van der Waals surface area contributed by atoms with Crippen molar-refractivity contribution in [2.75, 3.05) is 48.9 Å². The van der Waals surface area contributed by atoms with Crippen LogP contribution in [0.5, 0.6) is 23.0 Å². The van der Waals surface area contributed by atoms with Gasteiger partial charge in [0.2, 0.25) is 11.6 Å². The molecule has 0 bridgehead atoms. The number of methoxy groups -OCH3 is 2. The minimum absolute atomic E-state index is 0.00968. The molecular weight excluding hydrogens is 1000 g/mol. The molecule has 0 unspecified atom stereocenters. The summed E-state index contributed by atoms with van der Waals surface area (Å²) >= 11 is 0. The second-order valence-corrected chi connectivity index (χ2v) is 18.6. The standard InChI is InChI=1S/C50H40N6O16S2/c1-69-34-11-5-30(6-12-34)51-32-9-15-36-29(19-32)22-45(74(66,67)68)48(50(36)62)56-54-40-18-4-28(21-43(40)72-26-47(59)60)27-3-17-39(42(20-27)71-25-46(57)58)53-55-41-24-44(73(63,64)65)38-23-33(10-16-37(38)49(41)61)52-31-7-13-35(70-2)14-8-31/h3-24,51-54H,25-26H2,1-2H3,(H,57,58)(H,59,60)(H,63,64,65)(H,66,67,68)/b55-41-,56-48-. The summed E-state index contributed by atoms with van der Waals surface area (Å²) in [5.41, 5.74) is 6.68. The van der Waals surface area contributed by atoms with E-state index < -0.39 is 78.2 Å². The number of benzene rings is 6. The fraction of sp³-hybridized carbons (Fsp3) is 0.0800. The van der Waals surface area contributed by atoms with E-state index in [1.807, 2.05) is 0 Å². The molecule has 0 atom stereocenters. The second-order valence-electron chi connectivity index (χ2n) is 15.9. The highest BCUT2D eigenvalue weighted by Crippen LogP contribution is 2.38. The normalized spacial score (nSPS) is 14.2. The Morgan fingerprint density at radius 2 is 1.00 bits per heavy atom. The quantitative estimate of drug-likeness (QED) is 0.0286. The van der Waals surface area contributed by atoms with E-state index in [2.05, 4.69) is 31.7 Å². The summed E-state index contributed by atoms with van der Waals surface area (Å²) in [6.07, 6.45) is 1.94. The van der Waals surface area contributed by atoms with Gasteiger partial charge in [0.1, 0.15) is 38.5 Å². The van der Waals surface area contributed by atoms with Gasteiger partial charge in [-0.05, 0) is 138 Å². The number of nitrogens with zero attached hydrogens (tertiary/aromatic N) is 2. The lowest BCUT2D eigenvalue weighted by atomic mass is 9.94. The van der Waals surface area contributed by atoms with Crippen LogP contribution in [0, 0.1) is 0 Å². The third-order valence-corrected chi connectivity index (χ3v) is 12.7. The summed E-state index contributed by atoms with van der Waals surface area (Å²) in [4.78, 5) is 49.4. The summed E-state index contributed by atoms with van der Waals surface area (Å²) in [5, 5.41) is 33.4. The minimum Gasteiger partial charge on any atom is -0.497 e. The van der Waals surface area contributed by atoms with Gasteiger partial charge < -0.3 is 39.8 Å². The topological polar surface area (TPSA) is 327 Å². The van der Waals surface area contributed by atoms with Gasteiger partial charge in [0.25, 0.3) is 20.2 Å². The van der Waals surface area contributed by atoms with Crippen molar-refractivity contribution < 1.29 is 74.3 Å². The number of carbonyl (C=O) groups is 4. The number of aliphatic carboxylic acids is 2. The highest BCUT2D eigenvalue weighted by Gasteiger charge is 2.34. The average molecular weight is 1050 g/mol. The summed E-state index contributed by atoms with van der Waals surface area (Å²) in [6, 6.07) is 31.0. The second kappa shape index (κ2) is 21.2. The Hall–Kier alpha value is -9.36. The maximum atomic E-state index is 13.8. The van der Waals surface area contributed by atoms with Crippen LogP contribution in [-0.4, -0.2) is 98.5 Å². The molecule has 22 nitrogen and oxygen atoms in total. The van der Waals surface area contributed by atoms with Crippen molar-refractivity contribution in [3.8, 4) is 34.1 Å². The van der Waals surface area contributed by atoms with Crippen molar-refractivity contribution in [3.05, 3.63) is 155 Å². The lowest BCUT2D eigenvalue weighted by molar-refractivity contribution is -0.140. The Labute approximate surface area is 420 Å². The fourth-order valence-electron chi connectivity index (χ4n) is 7.47. The van der Waals surface area contributed by atoms with E-state index in [9.17, 15) is 55.3 Å². The molecule has 0 aromatic heterocycles. The molecule has 0 radical (unpaired) electrons. The molecule has 0 aliphatic heterocycles. The molecule has 0 spiro atoms. The first-order valence-electron chi connectivity index (χ1n) is 21.5. The van der Waals surface area contributed by atoms with Crippen LogP contribution < -0.4 is 40.4 Å². The molecular formula is C50H40N6O16S2. The first-order chi connectivity index (χ1) is 35.3. The number of ketones is 2. The number of allylic oxidation sites excluding steroid dienone is 2. The number of fused-ring (bicyclic) bond motifs is 2. The molecule has 0 saturated heterocycles. The number of carboxylic acids is 2. The van der Waals surface area contributed by atoms with Crippen molar-refractivity contribution in [1.82, 2.24) is 0 Å². The van der Waals surface area contributed by atoms with Gasteiger partial charge in [-0.3, -0.25) is 29.5 Å². The summed E-state index contributed by atoms with van der Waals surface area (Å²) < 4.78 is 92.7. The monoisotopic (exact) mass is 1040 g/mol. The van der Waals surface area contributed by atoms with Crippen LogP contribution in [0.1, 0.15) is 31.8 Å². The molecule has 24 heteroatoms. The van der Waals surface area contributed by atoms with Gasteiger partial charge >= 0.3 is 11.9 Å². The maximum Gasteiger partial charge on any atom is 0.341 e. The zero-order chi connectivity index (χ0) is 52.9. The number of hydrazone groups is 2. The number of carboxylic acid groups (broad SMARTS) is 2. The molecule has 2 aliphatic carbocycles. The first-order valence-corrected chi connectivity index (χ1v) is 24.4. The molecule has 0 heterocycles. The highest BCUT2D eigenvalue weighted by molar-refractivity contribution is 7.95. The Morgan fingerprint density at radius 1 is 0.527 bits per heavy atom. The summed E-state index contributed by atoms with van der Waals surface area (Å²) in [5.74, 6) is -3.45. The van der Waals surface area contributed by atoms with E-state index in [1.165, 1.54) is 80.9 Å². The number of nitrogens with one attached hydrogen (secondary N) is 4. The van der Waals surface area contributed by atoms with Gasteiger partial charge in [-0.2, -0.15) is 27.0 Å². The SMILES string of the molecule is COc1ccc(Nc2ccc3c(c2)C=C(S(=O)(=O)O)/C(=N/Nc2ccc(-c4ccc(N/N=C5/C=C(S(=O)(=O)O)c6cc(Nc7ccc(OC)cc7)ccc6C5=O)c(OCC(=O)O)c4)cc2OCC(=O)O)C3=O)cc1. The zero-order valence-electron chi connectivity index (χ0n) is 38.5. The Bertz CT molecular complexity index is 3630. The van der Waals surface area contributed by atoms with Crippen LogP contribution in [0.4, 0.5) is 34.1 Å². The van der Waals surface area contributed by atoms with Crippen molar-refractivity contribution in [2.24, 2.45) is 10.2 Å². The third kappa shape index (κ3) is 11.7. The molecule has 6 aromatic rings. The first kappa shape index (κ1) is 51.0. The van der Waals surface area contributed by atoms with Crippen molar-refractivity contribution >= 4 is 100 Å². The number of ether oxygens (including phenoxy) is 4. The van der Waals surface area contributed by atoms with Crippen LogP contribution in [-0.2, 0) is 29.8 Å². The van der Waals surface area contributed by atoms with E-state index in [-0.39, 0.29) is 45.1 Å². The number of hydrogen-bond donors (Lipinski definition) is 8. The molecule has 8 rings (SSSR count). The summed E-state index contributed by atoms with van der Waals surface area (Å²) in [7, 11) is -6.97. The van der Waals surface area contributed by atoms with E-state index in [0.29, 0.717) is 45.4 Å². The van der Waals surface area contributed by atoms with Gasteiger partial charge in [0.15, 0.2) is 18.9 Å². The van der Waals surface area contributed by atoms with Crippen LogP contribution in [0.3, 0.4) is 0 Å². The number of carbonyl (C=O) groups excluding carboxylic acids is 2. The van der Waals surface area contributed by atoms with Gasteiger partial charge in [-0.15, -0.1) is 0 Å². The number of rotatable bonds is 19. The molecule has 378 valence electrons. The number of hydrogen-bond acceptors (Lipinski definition) is 18. The number of anilines is 6. The van der Waals surface area contributed by atoms with Gasteiger partial charge in [0.05, 0.1) is 25.6 Å². The number of Topliss-reactive ketones (excluding diaryl/α,β-unsaturated/α-hetero) is 2. The summed E-state index contributed by atoms with van der Waals surface area (Å²) in [6.45, 7) is -1.74. The molecule has 8 N–H and O–H groups in total. The fourth-order valence-corrected chi connectivity index (χ4v) is 8.83. The molecule has 74 heavy (non-hydrogen) atoms. The molecule has 0 fully saturated rings. The van der Waals surface area contributed by atoms with Gasteiger partial charge in [0, 0.05) is 39.4 Å². The van der Waals surface area contributed by atoms with Crippen molar-refractivity contribution in [3.63, 3.8) is 0 Å². The van der Waals surface area contributed by atoms with E-state index in [0.717, 1.165) is 12.2 Å². The smallest absolute Gasteiger partial charge is 0.341 e.